The molecule has 0 aliphatic carbocycles. The van der Waals surface area contributed by atoms with Gasteiger partial charge in [-0.25, -0.2) is 13.8 Å². The van der Waals surface area contributed by atoms with Gasteiger partial charge in [0.15, 0.2) is 17.4 Å². The number of hydrogen-bond donors (Lipinski definition) is 1. The number of halogens is 2. The van der Waals surface area contributed by atoms with Crippen molar-refractivity contribution < 1.29 is 23.0 Å². The first-order chi connectivity index (χ1) is 14.3. The van der Waals surface area contributed by atoms with Gasteiger partial charge in [-0.3, -0.25) is 4.79 Å². The zero-order valence-electron chi connectivity index (χ0n) is 16.8. The van der Waals surface area contributed by atoms with Crippen LogP contribution in [0.2, 0.25) is 0 Å². The van der Waals surface area contributed by atoms with Gasteiger partial charge in [-0.1, -0.05) is 12.6 Å². The first-order valence-corrected chi connectivity index (χ1v) is 9.06. The van der Waals surface area contributed by atoms with Gasteiger partial charge in [0, 0.05) is 23.9 Å². The number of methoxy groups -OCH3 is 1. The van der Waals surface area contributed by atoms with Crippen molar-refractivity contribution in [1.29, 1.82) is 0 Å². The number of nitrogens with zero attached hydrogens (tertiary/aromatic N) is 2. The van der Waals surface area contributed by atoms with Crippen molar-refractivity contribution in [3.63, 3.8) is 0 Å². The fourth-order valence-electron chi connectivity index (χ4n) is 2.78. The highest BCUT2D eigenvalue weighted by Gasteiger charge is 2.16. The lowest BCUT2D eigenvalue weighted by Gasteiger charge is -2.11. The predicted octanol–water partition coefficient (Wildman–Crippen LogP) is 4.25. The lowest BCUT2D eigenvalue weighted by Crippen LogP contribution is -2.15. The van der Waals surface area contributed by atoms with Crippen LogP contribution in [0.15, 0.2) is 49.2 Å². The normalized spacial score (nSPS) is 10.6. The van der Waals surface area contributed by atoms with Crippen molar-refractivity contribution in [2.24, 2.45) is 7.05 Å². The topological polar surface area (TPSA) is 65.4 Å². The number of hydrogen-bond acceptors (Lipinski definition) is 4. The molecule has 0 atom stereocenters. The molecule has 0 radical (unpaired) electrons. The van der Waals surface area contributed by atoms with Gasteiger partial charge in [0.2, 0.25) is 11.8 Å². The number of imidazole rings is 1. The van der Waals surface area contributed by atoms with Crippen LogP contribution in [0.3, 0.4) is 0 Å². The van der Waals surface area contributed by atoms with Crippen LogP contribution in [0.25, 0.3) is 5.76 Å². The largest absolute Gasteiger partial charge is 0.491 e. The first kappa shape index (κ1) is 21.0. The van der Waals surface area contributed by atoms with E-state index in [4.69, 9.17) is 9.47 Å². The van der Waals surface area contributed by atoms with Crippen LogP contribution in [0.4, 0.5) is 14.5 Å². The van der Waals surface area contributed by atoms with Crippen LogP contribution < -0.4 is 14.8 Å². The Labute approximate surface area is 172 Å². The van der Waals surface area contributed by atoms with Gasteiger partial charge in [0.25, 0.3) is 0 Å². The summed E-state index contributed by atoms with van der Waals surface area (Å²) in [6.07, 6.45) is 1.35. The molecule has 2 aromatic carbocycles. The van der Waals surface area contributed by atoms with Crippen LogP contribution in [-0.4, -0.2) is 22.6 Å². The average molecular weight is 413 g/mol. The number of carbonyl (C=O) groups is 1. The molecule has 0 saturated carbocycles. The van der Waals surface area contributed by atoms with Crippen LogP contribution in [-0.2, 0) is 18.3 Å². The van der Waals surface area contributed by atoms with Gasteiger partial charge in [-0.05, 0) is 37.3 Å². The molecule has 3 aromatic rings. The second kappa shape index (κ2) is 8.77. The zero-order chi connectivity index (χ0) is 21.8. The molecule has 6 nitrogen and oxygen atoms in total. The van der Waals surface area contributed by atoms with Crippen LogP contribution in [0.5, 0.6) is 11.6 Å². The number of aromatic nitrogens is 2. The van der Waals surface area contributed by atoms with Gasteiger partial charge in [0.05, 0.1) is 19.7 Å². The molecule has 30 heavy (non-hydrogen) atoms. The SMILES string of the molecule is C=C(Oc1cnc(C)n1C)c1ccc(NC(=O)Cc2ccc(F)c(OC)c2F)cc1. The summed E-state index contributed by atoms with van der Waals surface area (Å²) in [7, 11) is 3.00. The van der Waals surface area contributed by atoms with E-state index in [1.807, 2.05) is 14.0 Å². The Balaban J connectivity index is 1.63. The fraction of sp³-hybridized carbons (Fsp3) is 0.182. The Hall–Kier alpha value is -3.68. The number of ether oxygens (including phenoxy) is 2. The van der Waals surface area contributed by atoms with E-state index < -0.39 is 23.3 Å². The molecule has 1 amide bonds. The summed E-state index contributed by atoms with van der Waals surface area (Å²) in [5, 5.41) is 2.67. The fourth-order valence-corrected chi connectivity index (χ4v) is 2.78. The number of carbonyl (C=O) groups excluding carboxylic acids is 1. The number of benzene rings is 2. The molecule has 0 fully saturated rings. The van der Waals surface area contributed by atoms with Crippen molar-refractivity contribution in [2.75, 3.05) is 12.4 Å². The Morgan fingerprint density at radius 3 is 2.50 bits per heavy atom. The van der Waals surface area contributed by atoms with Crippen molar-refractivity contribution in [3.8, 4) is 11.6 Å². The van der Waals surface area contributed by atoms with E-state index in [0.29, 0.717) is 17.3 Å². The highest BCUT2D eigenvalue weighted by Crippen LogP contribution is 2.25. The molecule has 1 N–H and O–H groups in total. The molecule has 0 aliphatic heterocycles. The minimum absolute atomic E-state index is 0.0376. The van der Waals surface area contributed by atoms with Gasteiger partial charge in [-0.2, -0.15) is 0 Å². The lowest BCUT2D eigenvalue weighted by molar-refractivity contribution is -0.115. The monoisotopic (exact) mass is 413 g/mol. The molecular formula is C22H21F2N3O3. The third-order valence-corrected chi connectivity index (χ3v) is 4.58. The average Bonchev–Trinajstić information content (AvgIpc) is 3.03. The quantitative estimate of drug-likeness (QED) is 0.589. The first-order valence-electron chi connectivity index (χ1n) is 9.06. The van der Waals surface area contributed by atoms with Crippen molar-refractivity contribution >= 4 is 17.4 Å². The van der Waals surface area contributed by atoms with Crippen LogP contribution >= 0.6 is 0 Å². The minimum Gasteiger partial charge on any atom is -0.491 e. The maximum atomic E-state index is 14.2. The maximum absolute atomic E-state index is 14.2. The summed E-state index contributed by atoms with van der Waals surface area (Å²) in [5.74, 6) is -0.864. The number of aryl methyl sites for hydroxylation is 1. The van der Waals surface area contributed by atoms with Gasteiger partial charge >= 0.3 is 0 Å². The molecule has 0 saturated heterocycles. The maximum Gasteiger partial charge on any atom is 0.228 e. The Morgan fingerprint density at radius 2 is 1.90 bits per heavy atom. The van der Waals surface area contributed by atoms with Gasteiger partial charge in [-0.15, -0.1) is 0 Å². The van der Waals surface area contributed by atoms with E-state index >= 15 is 0 Å². The molecule has 0 spiro atoms. The third kappa shape index (κ3) is 4.48. The summed E-state index contributed by atoms with van der Waals surface area (Å²) in [4.78, 5) is 16.4. The molecule has 3 rings (SSSR count). The Kier molecular flexibility index (Phi) is 6.15. The summed E-state index contributed by atoms with van der Waals surface area (Å²) < 4.78 is 39.9. The smallest absolute Gasteiger partial charge is 0.228 e. The number of rotatable bonds is 7. The van der Waals surface area contributed by atoms with Crippen LogP contribution in [0, 0.1) is 18.6 Å². The number of amides is 1. The Bertz CT molecular complexity index is 1090. The van der Waals surface area contributed by atoms with E-state index in [0.717, 1.165) is 17.5 Å². The summed E-state index contributed by atoms with van der Waals surface area (Å²) in [5.41, 5.74) is 1.28. The van der Waals surface area contributed by atoms with E-state index in [-0.39, 0.29) is 12.0 Å². The highest BCUT2D eigenvalue weighted by molar-refractivity contribution is 5.92. The standard InChI is InChI=1S/C22H21F2N3O3/c1-13(30-20-12-25-14(2)27(20)3)15-5-8-17(9-6-15)26-19(28)11-16-7-10-18(23)22(29-4)21(16)24/h5-10,12H,1,11H2,2-4H3,(H,26,28). The molecule has 8 heteroatoms. The lowest BCUT2D eigenvalue weighted by atomic mass is 10.1. The number of anilines is 1. The Morgan fingerprint density at radius 1 is 1.20 bits per heavy atom. The molecule has 1 aromatic heterocycles. The van der Waals surface area contributed by atoms with E-state index in [1.165, 1.54) is 13.2 Å². The van der Waals surface area contributed by atoms with Crippen molar-refractivity contribution in [3.05, 3.63) is 77.8 Å². The summed E-state index contributed by atoms with van der Waals surface area (Å²) in [6.45, 7) is 5.78. The second-order valence-electron chi connectivity index (χ2n) is 6.58. The van der Waals surface area contributed by atoms with Crippen LogP contribution in [0.1, 0.15) is 17.0 Å². The molecule has 156 valence electrons. The predicted molar refractivity (Wildman–Crippen MR) is 109 cm³/mol. The third-order valence-electron chi connectivity index (χ3n) is 4.58. The summed E-state index contributed by atoms with van der Waals surface area (Å²) >= 11 is 0. The van der Waals surface area contributed by atoms with E-state index in [2.05, 4.69) is 16.9 Å². The minimum atomic E-state index is -0.887. The molecule has 1 heterocycles. The van der Waals surface area contributed by atoms with E-state index in [1.54, 1.807) is 35.0 Å². The van der Waals surface area contributed by atoms with Gasteiger partial charge in [0.1, 0.15) is 11.6 Å². The van der Waals surface area contributed by atoms with Gasteiger partial charge < -0.3 is 19.4 Å². The highest BCUT2D eigenvalue weighted by atomic mass is 19.1. The zero-order valence-corrected chi connectivity index (χ0v) is 16.8. The molecule has 0 aliphatic rings. The van der Waals surface area contributed by atoms with E-state index in [9.17, 15) is 13.6 Å². The summed E-state index contributed by atoms with van der Waals surface area (Å²) in [6, 6.07) is 9.12. The molecule has 0 unspecified atom stereocenters. The van der Waals surface area contributed by atoms with Crippen molar-refractivity contribution in [1.82, 2.24) is 9.55 Å². The molecular weight excluding hydrogens is 392 g/mol. The molecule has 0 bridgehead atoms. The number of nitrogens with one attached hydrogen (secondary N) is 1. The second-order valence-corrected chi connectivity index (χ2v) is 6.58. The van der Waals surface area contributed by atoms with Crippen molar-refractivity contribution in [2.45, 2.75) is 13.3 Å².